The van der Waals surface area contributed by atoms with E-state index in [1.54, 1.807) is 11.3 Å². The van der Waals surface area contributed by atoms with Crippen molar-refractivity contribution in [3.63, 3.8) is 0 Å². The van der Waals surface area contributed by atoms with Crippen LogP contribution in [0, 0.1) is 0 Å². The fourth-order valence-electron chi connectivity index (χ4n) is 3.55. The number of nitrogens with one attached hydrogen (secondary N) is 2. The largest absolute Gasteiger partial charge is 0.352 e. The van der Waals surface area contributed by atoms with E-state index in [2.05, 4.69) is 30.8 Å². The van der Waals surface area contributed by atoms with Gasteiger partial charge in [0.1, 0.15) is 11.0 Å². The van der Waals surface area contributed by atoms with E-state index >= 15 is 0 Å². The first kappa shape index (κ1) is 18.1. The van der Waals surface area contributed by atoms with Crippen molar-refractivity contribution in [2.24, 2.45) is 0 Å². The molecule has 1 aliphatic heterocycles. The summed E-state index contributed by atoms with van der Waals surface area (Å²) in [6.07, 6.45) is 3.14. The topological polar surface area (TPSA) is 84.0 Å². The van der Waals surface area contributed by atoms with E-state index in [0.29, 0.717) is 25.8 Å². The van der Waals surface area contributed by atoms with Crippen molar-refractivity contribution in [2.75, 3.05) is 0 Å². The van der Waals surface area contributed by atoms with Crippen molar-refractivity contribution in [3.8, 4) is 0 Å². The van der Waals surface area contributed by atoms with Crippen LogP contribution in [0.1, 0.15) is 36.8 Å². The Balaban J connectivity index is 1.33. The fourth-order valence-corrected chi connectivity index (χ4v) is 4.73. The first-order valence-electron chi connectivity index (χ1n) is 8.92. The van der Waals surface area contributed by atoms with Crippen LogP contribution in [0.3, 0.4) is 0 Å². The Morgan fingerprint density at radius 1 is 1.22 bits per heavy atom. The Kier molecular flexibility index (Phi) is 5.18. The maximum atomic E-state index is 12.4. The summed E-state index contributed by atoms with van der Waals surface area (Å²) in [4.78, 5) is 24.2. The number of hydrogen-bond acceptors (Lipinski definition) is 6. The molecule has 1 aliphatic rings. The highest BCUT2D eigenvalue weighted by Crippen LogP contribution is 2.30. The average Bonchev–Trinajstić information content (AvgIpc) is 3.40. The molecule has 3 heterocycles. The van der Waals surface area contributed by atoms with Gasteiger partial charge in [0.15, 0.2) is 0 Å². The number of amides is 2. The lowest BCUT2D eigenvalue weighted by molar-refractivity contribution is -0.122. The minimum atomic E-state index is -0.305. The zero-order chi connectivity index (χ0) is 18.7. The zero-order valence-electron chi connectivity index (χ0n) is 14.7. The van der Waals surface area contributed by atoms with Crippen LogP contribution in [0.25, 0.3) is 11.0 Å². The van der Waals surface area contributed by atoms with Crippen LogP contribution >= 0.6 is 23.1 Å². The molecule has 27 heavy (non-hydrogen) atoms. The van der Waals surface area contributed by atoms with Crippen molar-refractivity contribution in [1.82, 2.24) is 19.4 Å². The van der Waals surface area contributed by atoms with Gasteiger partial charge in [-0.1, -0.05) is 6.07 Å². The number of benzene rings is 1. The molecule has 2 N–H and O–H groups in total. The summed E-state index contributed by atoms with van der Waals surface area (Å²) < 4.78 is 8.41. The third-order valence-corrected chi connectivity index (χ3v) is 6.29. The molecule has 1 aromatic carbocycles. The second-order valence-corrected chi connectivity index (χ2v) is 8.31. The van der Waals surface area contributed by atoms with Crippen LogP contribution in [0.2, 0.25) is 0 Å². The van der Waals surface area contributed by atoms with Crippen LogP contribution in [0.15, 0.2) is 35.0 Å². The second-order valence-electron chi connectivity index (χ2n) is 7.00. The number of carbonyl (C=O) groups excluding carboxylic acids is 2. The van der Waals surface area contributed by atoms with Gasteiger partial charge in [-0.05, 0) is 59.3 Å². The van der Waals surface area contributed by atoms with Crippen molar-refractivity contribution in [1.29, 1.82) is 0 Å². The van der Waals surface area contributed by atoms with Gasteiger partial charge in [0.2, 0.25) is 11.8 Å². The molecule has 0 radical (unpaired) electrons. The third kappa shape index (κ3) is 4.33. The van der Waals surface area contributed by atoms with E-state index in [1.807, 2.05) is 23.6 Å². The molecule has 3 aromatic rings. The lowest BCUT2D eigenvalue weighted by Gasteiger charge is -2.29. The van der Waals surface area contributed by atoms with Crippen LogP contribution in [-0.4, -0.2) is 26.1 Å². The van der Waals surface area contributed by atoms with E-state index in [1.165, 1.54) is 17.3 Å². The van der Waals surface area contributed by atoms with Crippen molar-refractivity contribution < 1.29 is 9.59 Å². The maximum Gasteiger partial charge on any atom is 0.220 e. The highest BCUT2D eigenvalue weighted by molar-refractivity contribution is 7.07. The van der Waals surface area contributed by atoms with E-state index in [0.717, 1.165) is 29.4 Å². The minimum absolute atomic E-state index is 0.00246. The Morgan fingerprint density at radius 3 is 2.89 bits per heavy atom. The van der Waals surface area contributed by atoms with Crippen LogP contribution in [0.5, 0.6) is 0 Å². The fraction of sp³-hybridized carbons (Fsp3) is 0.368. The molecule has 1 fully saturated rings. The average molecular weight is 401 g/mol. The predicted octanol–water partition coefficient (Wildman–Crippen LogP) is 3.04. The Morgan fingerprint density at radius 2 is 2.11 bits per heavy atom. The SMILES string of the molecule is O=C(CC[C@]1(Cc2ccsc2)CCC(=O)N1)NCc1ccc2nsnc2c1. The number of aromatic nitrogens is 2. The molecule has 1 atom stereocenters. The Labute approximate surface area is 165 Å². The Bertz CT molecular complexity index is 954. The van der Waals surface area contributed by atoms with Crippen molar-refractivity contribution in [2.45, 2.75) is 44.2 Å². The molecule has 0 unspecified atom stereocenters. The second kappa shape index (κ2) is 7.74. The summed E-state index contributed by atoms with van der Waals surface area (Å²) in [5.74, 6) is 0.0770. The monoisotopic (exact) mass is 400 g/mol. The molecule has 0 bridgehead atoms. The lowest BCUT2D eigenvalue weighted by Crippen LogP contribution is -2.44. The third-order valence-electron chi connectivity index (χ3n) is 5.00. The number of nitrogens with zero attached hydrogens (tertiary/aromatic N) is 2. The summed E-state index contributed by atoms with van der Waals surface area (Å²) in [7, 11) is 0. The summed E-state index contributed by atoms with van der Waals surface area (Å²) in [5.41, 5.74) is 3.65. The molecule has 2 amide bonds. The number of carbonyl (C=O) groups is 2. The first-order valence-corrected chi connectivity index (χ1v) is 10.6. The van der Waals surface area contributed by atoms with Crippen molar-refractivity contribution in [3.05, 3.63) is 46.2 Å². The first-order chi connectivity index (χ1) is 13.1. The van der Waals surface area contributed by atoms with Gasteiger partial charge in [-0.3, -0.25) is 9.59 Å². The summed E-state index contributed by atoms with van der Waals surface area (Å²) in [6.45, 7) is 0.468. The maximum absolute atomic E-state index is 12.4. The normalized spacial score (nSPS) is 19.3. The minimum Gasteiger partial charge on any atom is -0.352 e. The summed E-state index contributed by atoms with van der Waals surface area (Å²) >= 11 is 2.84. The van der Waals surface area contributed by atoms with E-state index in [9.17, 15) is 9.59 Å². The molecule has 2 aromatic heterocycles. The number of rotatable bonds is 7. The molecule has 0 spiro atoms. The molecule has 8 heteroatoms. The molecular formula is C19H20N4O2S2. The van der Waals surface area contributed by atoms with Gasteiger partial charge >= 0.3 is 0 Å². The number of thiophene rings is 1. The molecule has 0 saturated carbocycles. The van der Waals surface area contributed by atoms with Gasteiger partial charge in [-0.2, -0.15) is 20.1 Å². The zero-order valence-corrected chi connectivity index (χ0v) is 16.4. The molecule has 6 nitrogen and oxygen atoms in total. The van der Waals surface area contributed by atoms with Gasteiger partial charge in [0.05, 0.1) is 11.7 Å². The summed E-state index contributed by atoms with van der Waals surface area (Å²) in [6, 6.07) is 7.91. The summed E-state index contributed by atoms with van der Waals surface area (Å²) in [5, 5.41) is 10.2. The van der Waals surface area contributed by atoms with Gasteiger partial charge in [-0.25, -0.2) is 0 Å². The molecular weight excluding hydrogens is 380 g/mol. The van der Waals surface area contributed by atoms with Crippen molar-refractivity contribution >= 4 is 45.9 Å². The van der Waals surface area contributed by atoms with Gasteiger partial charge in [0, 0.05) is 24.9 Å². The predicted molar refractivity (Wildman–Crippen MR) is 107 cm³/mol. The van der Waals surface area contributed by atoms with E-state index in [-0.39, 0.29) is 17.4 Å². The molecule has 0 aliphatic carbocycles. The highest BCUT2D eigenvalue weighted by atomic mass is 32.1. The van der Waals surface area contributed by atoms with Crippen LogP contribution < -0.4 is 10.6 Å². The number of fused-ring (bicyclic) bond motifs is 1. The standard InChI is InChI=1S/C19H20N4O2S2/c24-17(20-11-13-1-2-15-16(9-13)23-27-22-15)3-6-19(7-4-18(25)21-19)10-14-5-8-26-12-14/h1-2,5,8-9,12H,3-4,6-7,10-11H2,(H,20,24)(H,21,25)/t19-/m1/s1. The lowest BCUT2D eigenvalue weighted by atomic mass is 9.85. The Hall–Kier alpha value is -2.32. The van der Waals surface area contributed by atoms with Gasteiger partial charge < -0.3 is 10.6 Å². The van der Waals surface area contributed by atoms with Gasteiger partial charge in [-0.15, -0.1) is 0 Å². The van der Waals surface area contributed by atoms with E-state index in [4.69, 9.17) is 0 Å². The highest BCUT2D eigenvalue weighted by Gasteiger charge is 2.37. The smallest absolute Gasteiger partial charge is 0.220 e. The van der Waals surface area contributed by atoms with Gasteiger partial charge in [0.25, 0.3) is 0 Å². The quantitative estimate of drug-likeness (QED) is 0.638. The molecule has 4 rings (SSSR count). The molecule has 1 saturated heterocycles. The number of hydrogen-bond donors (Lipinski definition) is 2. The van der Waals surface area contributed by atoms with E-state index < -0.39 is 0 Å². The van der Waals surface area contributed by atoms with Crippen LogP contribution in [-0.2, 0) is 22.6 Å². The van der Waals surface area contributed by atoms with Crippen LogP contribution in [0.4, 0.5) is 0 Å². The molecule has 140 valence electrons.